The number of nitrogens with zero attached hydrogens (tertiary/aromatic N) is 5. The Bertz CT molecular complexity index is 984. The lowest BCUT2D eigenvalue weighted by atomic mass is 10.2. The van der Waals surface area contributed by atoms with Gasteiger partial charge in [0, 0.05) is 13.2 Å². The number of carbonyl (C=O) groups excluding carboxylic acids is 1. The van der Waals surface area contributed by atoms with Crippen LogP contribution in [0.1, 0.15) is 10.5 Å². The zero-order valence-electron chi connectivity index (χ0n) is 16.9. The third-order valence-electron chi connectivity index (χ3n) is 3.64. The summed E-state index contributed by atoms with van der Waals surface area (Å²) in [6.45, 7) is -1.63. The molecule has 32 heavy (non-hydrogen) atoms. The van der Waals surface area contributed by atoms with E-state index < -0.39 is 36.5 Å². The molecule has 1 unspecified atom stereocenters. The Labute approximate surface area is 179 Å². The summed E-state index contributed by atoms with van der Waals surface area (Å²) in [6, 6.07) is 0. The molecule has 2 aromatic rings. The molecule has 0 bridgehead atoms. The zero-order valence-corrected chi connectivity index (χ0v) is 16.9. The van der Waals surface area contributed by atoms with Crippen LogP contribution in [0, 0.1) is 0 Å². The van der Waals surface area contributed by atoms with Gasteiger partial charge in [-0.25, -0.2) is 19.9 Å². The van der Waals surface area contributed by atoms with Gasteiger partial charge in [0.05, 0.1) is 30.0 Å². The number of nitrogens with two attached hydrogens (primary N) is 1. The summed E-state index contributed by atoms with van der Waals surface area (Å²) >= 11 is 0. The van der Waals surface area contributed by atoms with E-state index in [4.69, 9.17) is 5.73 Å². The van der Waals surface area contributed by atoms with Crippen molar-refractivity contribution in [3.8, 4) is 5.88 Å². The van der Waals surface area contributed by atoms with Gasteiger partial charge in [-0.05, 0) is 7.05 Å². The molecule has 0 aromatic carbocycles. The number of rotatable bonds is 9. The third-order valence-corrected chi connectivity index (χ3v) is 3.64. The van der Waals surface area contributed by atoms with Crippen molar-refractivity contribution in [1.82, 2.24) is 30.6 Å². The predicted molar refractivity (Wildman–Crippen MR) is 107 cm³/mol. The summed E-state index contributed by atoms with van der Waals surface area (Å²) < 4.78 is 42.0. The highest BCUT2D eigenvalue weighted by atomic mass is 19.4. The minimum absolute atomic E-state index is 0.00764. The van der Waals surface area contributed by atoms with Gasteiger partial charge in [0.1, 0.15) is 18.3 Å². The van der Waals surface area contributed by atoms with Gasteiger partial charge in [-0.2, -0.15) is 13.2 Å². The predicted octanol–water partition coefficient (Wildman–Crippen LogP) is 0.0898. The van der Waals surface area contributed by atoms with Crippen molar-refractivity contribution in [3.63, 3.8) is 0 Å². The van der Waals surface area contributed by atoms with E-state index >= 15 is 0 Å². The van der Waals surface area contributed by atoms with E-state index in [0.717, 1.165) is 12.4 Å². The number of hydrogen-bond acceptors (Lipinski definition) is 11. The lowest BCUT2D eigenvalue weighted by Crippen LogP contribution is -2.40. The molecule has 0 aliphatic heterocycles. The molecule has 0 spiro atoms. The number of amides is 1. The Morgan fingerprint density at radius 1 is 1.34 bits per heavy atom. The van der Waals surface area contributed by atoms with Crippen molar-refractivity contribution < 1.29 is 27.8 Å². The largest absolute Gasteiger partial charge is 0.467 e. The second kappa shape index (κ2) is 11.0. The summed E-state index contributed by atoms with van der Waals surface area (Å²) in [7, 11) is 2.81. The number of hydrogen-bond donors (Lipinski definition) is 5. The van der Waals surface area contributed by atoms with Crippen LogP contribution in [0.15, 0.2) is 41.8 Å². The first-order chi connectivity index (χ1) is 15.2. The number of nitrogens with one attached hydrogen (secondary N) is 3. The molecule has 1 atom stereocenters. The van der Waals surface area contributed by atoms with E-state index in [1.807, 2.05) is 0 Å². The van der Waals surface area contributed by atoms with Gasteiger partial charge in [-0.3, -0.25) is 15.1 Å². The first-order valence-electron chi connectivity index (χ1n) is 8.82. The first kappa shape index (κ1) is 24.4. The van der Waals surface area contributed by atoms with Gasteiger partial charge < -0.3 is 26.2 Å². The molecule has 2 aromatic heterocycles. The number of carbonyl (C=O) groups is 1. The zero-order chi connectivity index (χ0) is 23.7. The SMILES string of the molecule is CN=C(C(=CN)NC(=O)c1nc(OCC(F)(F)F)cnc1Nc1cncnc1)C(O)NC. The molecule has 0 saturated carbocycles. The van der Waals surface area contributed by atoms with Crippen LogP contribution >= 0.6 is 0 Å². The fraction of sp³-hybridized carbons (Fsp3) is 0.294. The smallest absolute Gasteiger partial charge is 0.422 e. The molecule has 0 aliphatic carbocycles. The van der Waals surface area contributed by atoms with Crippen molar-refractivity contribution in [2.45, 2.75) is 12.4 Å². The molecule has 12 nitrogen and oxygen atoms in total. The topological polar surface area (TPSA) is 173 Å². The molecule has 0 saturated heterocycles. The second-order valence-corrected chi connectivity index (χ2v) is 5.90. The molecular formula is C17H20F3N9O3. The first-order valence-corrected chi connectivity index (χ1v) is 8.82. The van der Waals surface area contributed by atoms with Crippen molar-refractivity contribution in [3.05, 3.63) is 42.5 Å². The minimum atomic E-state index is -4.62. The Morgan fingerprint density at radius 3 is 2.59 bits per heavy atom. The van der Waals surface area contributed by atoms with Gasteiger partial charge in [-0.1, -0.05) is 0 Å². The van der Waals surface area contributed by atoms with Crippen molar-refractivity contribution in [1.29, 1.82) is 0 Å². The number of aliphatic hydroxyl groups excluding tert-OH is 1. The Morgan fingerprint density at radius 2 is 2.03 bits per heavy atom. The second-order valence-electron chi connectivity index (χ2n) is 5.90. The molecule has 2 heterocycles. The molecule has 15 heteroatoms. The third kappa shape index (κ3) is 6.85. The Hall–Kier alpha value is -3.85. The Balaban J connectivity index is 2.38. The van der Waals surface area contributed by atoms with E-state index in [2.05, 4.69) is 45.6 Å². The van der Waals surface area contributed by atoms with Crippen molar-refractivity contribution in [2.24, 2.45) is 10.7 Å². The van der Waals surface area contributed by atoms with Gasteiger partial charge >= 0.3 is 6.18 Å². The summed E-state index contributed by atoms with van der Waals surface area (Å²) in [5, 5.41) is 17.6. The fourth-order valence-corrected chi connectivity index (χ4v) is 2.25. The number of anilines is 2. The van der Waals surface area contributed by atoms with E-state index in [-0.39, 0.29) is 17.2 Å². The normalized spacial score (nSPS) is 13.4. The summed E-state index contributed by atoms with van der Waals surface area (Å²) in [6.07, 6.45) is 0.0424. The lowest BCUT2D eigenvalue weighted by Gasteiger charge is -2.17. The summed E-state index contributed by atoms with van der Waals surface area (Å²) in [4.78, 5) is 32.1. The van der Waals surface area contributed by atoms with Gasteiger partial charge in [0.15, 0.2) is 18.1 Å². The van der Waals surface area contributed by atoms with Crippen LogP contribution in [0.4, 0.5) is 24.7 Å². The summed E-state index contributed by atoms with van der Waals surface area (Å²) in [5.74, 6) is -1.59. The highest BCUT2D eigenvalue weighted by Gasteiger charge is 2.29. The molecule has 1 amide bonds. The number of alkyl halides is 3. The Kier molecular flexibility index (Phi) is 8.37. The standard InChI is InChI=1S/C17H20F3N9O3/c1-22-12(15(30)23-2)10(3-21)28-16(31)13-14(27-9-4-24-8-25-5-9)26-6-11(29-13)32-7-17(18,19)20/h3-6,8,15,23,30H,7,21H2,1-2H3,(H,26,27)(H,28,31). The quantitative estimate of drug-likeness (QED) is 0.258. The number of aromatic nitrogens is 4. The number of halogens is 3. The highest BCUT2D eigenvalue weighted by Crippen LogP contribution is 2.21. The van der Waals surface area contributed by atoms with Crippen LogP contribution in [0.2, 0.25) is 0 Å². The van der Waals surface area contributed by atoms with E-state index in [0.29, 0.717) is 5.69 Å². The molecule has 0 aliphatic rings. The van der Waals surface area contributed by atoms with Crippen LogP contribution < -0.4 is 26.4 Å². The van der Waals surface area contributed by atoms with Crippen molar-refractivity contribution >= 4 is 23.1 Å². The minimum Gasteiger partial charge on any atom is -0.467 e. The van der Waals surface area contributed by atoms with Crippen molar-refractivity contribution in [2.75, 3.05) is 26.0 Å². The van der Waals surface area contributed by atoms with E-state index in [9.17, 15) is 23.1 Å². The molecule has 6 N–H and O–H groups in total. The maximum absolute atomic E-state index is 12.9. The van der Waals surface area contributed by atoms with Crippen LogP contribution in [-0.4, -0.2) is 69.8 Å². The summed E-state index contributed by atoms with van der Waals surface area (Å²) in [5.41, 5.74) is 5.36. The van der Waals surface area contributed by atoms with Crippen LogP contribution in [0.5, 0.6) is 5.88 Å². The molecular weight excluding hydrogens is 435 g/mol. The van der Waals surface area contributed by atoms with Gasteiger partial charge in [0.2, 0.25) is 5.88 Å². The van der Waals surface area contributed by atoms with Crippen LogP contribution in [-0.2, 0) is 0 Å². The monoisotopic (exact) mass is 455 g/mol. The van der Waals surface area contributed by atoms with Crippen LogP contribution in [0.3, 0.4) is 0 Å². The molecule has 2 rings (SSSR count). The average Bonchev–Trinajstić information content (AvgIpc) is 2.77. The highest BCUT2D eigenvalue weighted by molar-refractivity contribution is 6.08. The van der Waals surface area contributed by atoms with Gasteiger partial charge in [-0.15, -0.1) is 0 Å². The average molecular weight is 455 g/mol. The fourth-order valence-electron chi connectivity index (χ4n) is 2.25. The van der Waals surface area contributed by atoms with Gasteiger partial charge in [0.25, 0.3) is 5.91 Å². The van der Waals surface area contributed by atoms with E-state index in [1.165, 1.54) is 32.8 Å². The lowest BCUT2D eigenvalue weighted by molar-refractivity contribution is -0.154. The molecule has 0 fully saturated rings. The number of aliphatic imine (C=N–C) groups is 1. The number of aliphatic hydroxyl groups is 1. The number of ether oxygens (including phenoxy) is 1. The van der Waals surface area contributed by atoms with E-state index in [1.54, 1.807) is 0 Å². The molecule has 0 radical (unpaired) electrons. The molecule has 172 valence electrons. The maximum Gasteiger partial charge on any atom is 0.422 e. The maximum atomic E-state index is 12.9. The van der Waals surface area contributed by atoms with Crippen LogP contribution in [0.25, 0.3) is 0 Å².